The highest BCUT2D eigenvalue weighted by atomic mass is 16.3. The Hall–Kier alpha value is -3.42. The fourth-order valence-electron chi connectivity index (χ4n) is 4.71. The second-order valence-electron chi connectivity index (χ2n) is 8.59. The van der Waals surface area contributed by atoms with E-state index in [1.54, 1.807) is 23.4 Å². The molecule has 0 atom stereocenters. The highest BCUT2D eigenvalue weighted by Gasteiger charge is 2.33. The van der Waals surface area contributed by atoms with Crippen molar-refractivity contribution in [3.8, 4) is 0 Å². The van der Waals surface area contributed by atoms with E-state index in [1.165, 1.54) is 0 Å². The SMILES string of the molecule is Cc1cc(C(=O)N2CCc3c(c(C(=O)N4CCCC4)nn3Cc3ccncc3)C2)c(C)o1. The molecule has 0 aliphatic carbocycles. The van der Waals surface area contributed by atoms with E-state index in [4.69, 9.17) is 9.52 Å². The van der Waals surface area contributed by atoms with Gasteiger partial charge in [-0.3, -0.25) is 19.3 Å². The van der Waals surface area contributed by atoms with Gasteiger partial charge in [-0.15, -0.1) is 0 Å². The molecule has 5 heterocycles. The van der Waals surface area contributed by atoms with Crippen LogP contribution in [-0.2, 0) is 19.5 Å². The molecular formula is C24H27N5O3. The molecule has 2 amide bonds. The van der Waals surface area contributed by atoms with Crippen LogP contribution in [0.3, 0.4) is 0 Å². The van der Waals surface area contributed by atoms with E-state index in [1.807, 2.05) is 35.6 Å². The third-order valence-corrected chi connectivity index (χ3v) is 6.37. The molecule has 2 aliphatic heterocycles. The van der Waals surface area contributed by atoms with Gasteiger partial charge in [0.25, 0.3) is 11.8 Å². The molecule has 1 saturated heterocycles. The second-order valence-corrected chi connectivity index (χ2v) is 8.59. The molecule has 8 heteroatoms. The highest BCUT2D eigenvalue weighted by Crippen LogP contribution is 2.27. The Bertz CT molecular complexity index is 1160. The number of pyridine rings is 1. The van der Waals surface area contributed by atoms with Crippen LogP contribution in [0.15, 0.2) is 35.0 Å². The Kier molecular flexibility index (Phi) is 5.28. The first-order valence-corrected chi connectivity index (χ1v) is 11.1. The number of rotatable bonds is 4. The minimum Gasteiger partial charge on any atom is -0.466 e. The third-order valence-electron chi connectivity index (χ3n) is 6.37. The lowest BCUT2D eigenvalue weighted by Crippen LogP contribution is -2.37. The first-order chi connectivity index (χ1) is 15.5. The van der Waals surface area contributed by atoms with Gasteiger partial charge >= 0.3 is 0 Å². The number of fused-ring (bicyclic) bond motifs is 1. The van der Waals surface area contributed by atoms with E-state index in [2.05, 4.69) is 4.98 Å². The minimum atomic E-state index is -0.0635. The Morgan fingerprint density at radius 2 is 1.78 bits per heavy atom. The summed E-state index contributed by atoms with van der Waals surface area (Å²) in [4.78, 5) is 34.3. The maximum Gasteiger partial charge on any atom is 0.274 e. The lowest BCUT2D eigenvalue weighted by molar-refractivity contribution is 0.0720. The van der Waals surface area contributed by atoms with E-state index in [9.17, 15) is 9.59 Å². The number of likely N-dealkylation sites (tertiary alicyclic amines) is 1. The zero-order valence-electron chi connectivity index (χ0n) is 18.5. The summed E-state index contributed by atoms with van der Waals surface area (Å²) >= 11 is 0. The van der Waals surface area contributed by atoms with Gasteiger partial charge in [0.2, 0.25) is 0 Å². The Morgan fingerprint density at radius 1 is 1.03 bits per heavy atom. The molecule has 166 valence electrons. The van der Waals surface area contributed by atoms with Gasteiger partial charge < -0.3 is 14.2 Å². The van der Waals surface area contributed by atoms with Crippen LogP contribution < -0.4 is 0 Å². The van der Waals surface area contributed by atoms with Gasteiger partial charge in [0.1, 0.15) is 11.5 Å². The number of hydrogen-bond donors (Lipinski definition) is 0. The van der Waals surface area contributed by atoms with Crippen molar-refractivity contribution >= 4 is 11.8 Å². The van der Waals surface area contributed by atoms with Crippen molar-refractivity contribution in [3.63, 3.8) is 0 Å². The third kappa shape index (κ3) is 3.70. The maximum absolute atomic E-state index is 13.3. The molecule has 0 unspecified atom stereocenters. The van der Waals surface area contributed by atoms with Crippen LogP contribution in [0.2, 0.25) is 0 Å². The average molecular weight is 434 g/mol. The monoisotopic (exact) mass is 433 g/mol. The quantitative estimate of drug-likeness (QED) is 0.632. The molecule has 0 aromatic carbocycles. The number of aromatic nitrogens is 3. The fraction of sp³-hybridized carbons (Fsp3) is 0.417. The summed E-state index contributed by atoms with van der Waals surface area (Å²) < 4.78 is 7.50. The summed E-state index contributed by atoms with van der Waals surface area (Å²) in [5.74, 6) is 1.25. The molecule has 5 rings (SSSR count). The van der Waals surface area contributed by atoms with Crippen LogP contribution in [-0.4, -0.2) is 56.0 Å². The smallest absolute Gasteiger partial charge is 0.274 e. The van der Waals surface area contributed by atoms with Gasteiger partial charge in [-0.25, -0.2) is 0 Å². The first kappa shape index (κ1) is 20.5. The van der Waals surface area contributed by atoms with E-state index in [-0.39, 0.29) is 11.8 Å². The van der Waals surface area contributed by atoms with Crippen molar-refractivity contribution in [1.82, 2.24) is 24.6 Å². The molecule has 3 aromatic rings. The predicted octanol–water partition coefficient (Wildman–Crippen LogP) is 2.97. The summed E-state index contributed by atoms with van der Waals surface area (Å²) in [5, 5.41) is 4.77. The Labute approximate surface area is 186 Å². The van der Waals surface area contributed by atoms with E-state index in [0.29, 0.717) is 43.1 Å². The largest absolute Gasteiger partial charge is 0.466 e. The summed E-state index contributed by atoms with van der Waals surface area (Å²) in [7, 11) is 0. The Morgan fingerprint density at radius 3 is 2.47 bits per heavy atom. The molecule has 2 aliphatic rings. The normalized spacial score (nSPS) is 15.8. The van der Waals surface area contributed by atoms with Crippen LogP contribution in [0.25, 0.3) is 0 Å². The Balaban J connectivity index is 1.49. The molecule has 0 bridgehead atoms. The van der Waals surface area contributed by atoms with E-state index >= 15 is 0 Å². The van der Waals surface area contributed by atoms with Gasteiger partial charge in [-0.05, 0) is 50.5 Å². The van der Waals surface area contributed by atoms with Crippen LogP contribution >= 0.6 is 0 Å². The first-order valence-electron chi connectivity index (χ1n) is 11.1. The summed E-state index contributed by atoms with van der Waals surface area (Å²) in [5.41, 5.74) is 4.05. The number of aryl methyl sites for hydroxylation is 2. The number of carbonyl (C=O) groups is 2. The van der Waals surface area contributed by atoms with Crippen molar-refractivity contribution < 1.29 is 14.0 Å². The van der Waals surface area contributed by atoms with E-state index < -0.39 is 0 Å². The number of nitrogens with zero attached hydrogens (tertiary/aromatic N) is 5. The van der Waals surface area contributed by atoms with Gasteiger partial charge in [-0.2, -0.15) is 5.10 Å². The van der Waals surface area contributed by atoms with Gasteiger partial charge in [-0.1, -0.05) is 0 Å². The molecule has 0 N–H and O–H groups in total. The van der Waals surface area contributed by atoms with Crippen LogP contribution in [0.5, 0.6) is 0 Å². The predicted molar refractivity (Wildman–Crippen MR) is 117 cm³/mol. The molecule has 32 heavy (non-hydrogen) atoms. The zero-order valence-corrected chi connectivity index (χ0v) is 18.5. The van der Waals surface area contributed by atoms with Gasteiger partial charge in [0.15, 0.2) is 5.69 Å². The molecule has 1 fully saturated rings. The number of amides is 2. The molecule has 0 saturated carbocycles. The van der Waals surface area contributed by atoms with Crippen molar-refractivity contribution in [1.29, 1.82) is 0 Å². The van der Waals surface area contributed by atoms with E-state index in [0.717, 1.165) is 48.5 Å². The number of carbonyl (C=O) groups excluding carboxylic acids is 2. The lowest BCUT2D eigenvalue weighted by atomic mass is 10.0. The molecule has 0 radical (unpaired) electrons. The van der Waals surface area contributed by atoms with Crippen LogP contribution in [0.1, 0.15) is 62.0 Å². The second kappa shape index (κ2) is 8.26. The average Bonchev–Trinajstić information content (AvgIpc) is 3.53. The van der Waals surface area contributed by atoms with Gasteiger partial charge in [0.05, 0.1) is 18.7 Å². The van der Waals surface area contributed by atoms with Crippen LogP contribution in [0.4, 0.5) is 0 Å². The number of furan rings is 1. The molecule has 8 nitrogen and oxygen atoms in total. The van der Waals surface area contributed by atoms with Crippen molar-refractivity contribution in [2.75, 3.05) is 19.6 Å². The maximum atomic E-state index is 13.3. The lowest BCUT2D eigenvalue weighted by Gasteiger charge is -2.28. The standard InChI is InChI=1S/C24H27N5O3/c1-16-13-19(17(2)32-16)23(30)28-12-7-21-20(15-28)22(24(31)27-10-3-4-11-27)26-29(21)14-18-5-8-25-9-6-18/h5-6,8-9,13H,3-4,7,10-12,14-15H2,1-2H3. The minimum absolute atomic E-state index is 0.0307. The van der Waals surface area contributed by atoms with Crippen molar-refractivity contribution in [2.24, 2.45) is 0 Å². The number of hydrogen-bond acceptors (Lipinski definition) is 5. The molecular weight excluding hydrogens is 406 g/mol. The fourth-order valence-corrected chi connectivity index (χ4v) is 4.71. The van der Waals surface area contributed by atoms with Crippen molar-refractivity contribution in [2.45, 2.75) is 46.2 Å². The van der Waals surface area contributed by atoms with Crippen LogP contribution in [0, 0.1) is 13.8 Å². The zero-order chi connectivity index (χ0) is 22.2. The summed E-state index contributed by atoms with van der Waals surface area (Å²) in [6.45, 7) is 6.71. The molecule has 0 spiro atoms. The highest BCUT2D eigenvalue weighted by molar-refractivity contribution is 5.97. The van der Waals surface area contributed by atoms with Crippen molar-refractivity contribution in [3.05, 3.63) is 70.2 Å². The topological polar surface area (TPSA) is 84.5 Å². The molecule has 3 aromatic heterocycles. The summed E-state index contributed by atoms with van der Waals surface area (Å²) in [6, 6.07) is 5.70. The van der Waals surface area contributed by atoms with Gasteiger partial charge in [0, 0.05) is 49.7 Å². The summed E-state index contributed by atoms with van der Waals surface area (Å²) in [6.07, 6.45) is 6.22.